The lowest BCUT2D eigenvalue weighted by Gasteiger charge is -2.30. The van der Waals surface area contributed by atoms with Gasteiger partial charge in [-0.3, -0.25) is 9.36 Å². The van der Waals surface area contributed by atoms with Gasteiger partial charge in [0.2, 0.25) is 0 Å². The van der Waals surface area contributed by atoms with E-state index in [-0.39, 0.29) is 23.4 Å². The van der Waals surface area contributed by atoms with Crippen LogP contribution in [-0.2, 0) is 4.74 Å². The molecule has 2 aromatic rings. The van der Waals surface area contributed by atoms with E-state index in [0.717, 1.165) is 31.6 Å². The summed E-state index contributed by atoms with van der Waals surface area (Å²) >= 11 is 0. The second-order valence-corrected chi connectivity index (χ2v) is 9.37. The molecule has 2 fully saturated rings. The van der Waals surface area contributed by atoms with Crippen molar-refractivity contribution in [3.63, 3.8) is 0 Å². The zero-order valence-corrected chi connectivity index (χ0v) is 18.8. The van der Waals surface area contributed by atoms with Crippen LogP contribution < -0.4 is 32.5 Å². The Labute approximate surface area is 181 Å². The summed E-state index contributed by atoms with van der Waals surface area (Å²) in [5.74, 6) is 6.55. The number of hydrogen-bond donors (Lipinski definition) is 2. The van der Waals surface area contributed by atoms with Gasteiger partial charge in [0.15, 0.2) is 5.75 Å². The first-order chi connectivity index (χ1) is 14.7. The van der Waals surface area contributed by atoms with Crippen molar-refractivity contribution in [2.24, 2.45) is 17.1 Å². The SMILES string of the molecule is CCOC[C@H](N)C1CN(c2ccc3c(=O)n(N)c(=O)n(C4CC4)c3c2OC)CC1(C)C. The predicted molar refractivity (Wildman–Crippen MR) is 121 cm³/mol. The molecule has 0 spiro atoms. The largest absolute Gasteiger partial charge is 0.492 e. The molecular weight excluding hydrogens is 398 g/mol. The number of aromatic nitrogens is 2. The molecule has 31 heavy (non-hydrogen) atoms. The topological polar surface area (TPSA) is 118 Å². The third-order valence-electron chi connectivity index (χ3n) is 6.72. The zero-order chi connectivity index (χ0) is 22.5. The van der Waals surface area contributed by atoms with Gasteiger partial charge in [0.25, 0.3) is 5.56 Å². The van der Waals surface area contributed by atoms with Gasteiger partial charge in [-0.1, -0.05) is 13.8 Å². The van der Waals surface area contributed by atoms with E-state index >= 15 is 0 Å². The van der Waals surface area contributed by atoms with Crippen LogP contribution in [0.3, 0.4) is 0 Å². The van der Waals surface area contributed by atoms with Crippen LogP contribution in [0, 0.1) is 11.3 Å². The van der Waals surface area contributed by atoms with E-state index < -0.39 is 11.2 Å². The minimum absolute atomic E-state index is 0.0344. The van der Waals surface area contributed by atoms with Crippen LogP contribution in [0.4, 0.5) is 5.69 Å². The third-order valence-corrected chi connectivity index (χ3v) is 6.72. The Kier molecular flexibility index (Phi) is 5.51. The van der Waals surface area contributed by atoms with E-state index in [2.05, 4.69) is 18.7 Å². The molecule has 1 aromatic carbocycles. The minimum Gasteiger partial charge on any atom is -0.492 e. The molecule has 9 nitrogen and oxygen atoms in total. The lowest BCUT2D eigenvalue weighted by atomic mass is 9.78. The summed E-state index contributed by atoms with van der Waals surface area (Å²) < 4.78 is 13.7. The van der Waals surface area contributed by atoms with E-state index in [9.17, 15) is 9.59 Å². The van der Waals surface area contributed by atoms with Crippen molar-refractivity contribution in [2.75, 3.05) is 44.2 Å². The molecule has 4 rings (SSSR count). The Morgan fingerprint density at radius 3 is 2.58 bits per heavy atom. The number of rotatable bonds is 7. The molecule has 2 heterocycles. The standard InChI is InChI=1S/C22H33N5O4/c1-5-31-11-16(23)15-10-25(12-22(15,2)3)17-9-8-14-18(19(17)30-4)26(13-6-7-13)21(29)27(24)20(14)28/h8-9,13,15-16H,5-7,10-12,23-24H2,1-4H3/t15?,16-/m0/s1. The van der Waals surface area contributed by atoms with Gasteiger partial charge < -0.3 is 25.9 Å². The van der Waals surface area contributed by atoms with Crippen LogP contribution in [0.15, 0.2) is 21.7 Å². The first kappa shape index (κ1) is 21.7. The van der Waals surface area contributed by atoms with Crippen molar-refractivity contribution in [3.05, 3.63) is 33.0 Å². The number of benzene rings is 1. The van der Waals surface area contributed by atoms with Crippen molar-refractivity contribution < 1.29 is 9.47 Å². The van der Waals surface area contributed by atoms with Gasteiger partial charge in [-0.2, -0.15) is 4.68 Å². The zero-order valence-electron chi connectivity index (χ0n) is 18.8. The summed E-state index contributed by atoms with van der Waals surface area (Å²) in [5, 5.41) is 0.387. The molecule has 1 saturated heterocycles. The van der Waals surface area contributed by atoms with Crippen molar-refractivity contribution in [3.8, 4) is 5.75 Å². The van der Waals surface area contributed by atoms with Gasteiger partial charge in [0.05, 0.1) is 24.8 Å². The number of hydrogen-bond acceptors (Lipinski definition) is 7. The van der Waals surface area contributed by atoms with Crippen LogP contribution in [-0.4, -0.2) is 48.7 Å². The van der Waals surface area contributed by atoms with Crippen LogP contribution in [0.1, 0.15) is 39.7 Å². The maximum Gasteiger partial charge on any atom is 0.350 e. The molecular formula is C22H33N5O4. The van der Waals surface area contributed by atoms with Gasteiger partial charge in [-0.15, -0.1) is 0 Å². The molecule has 0 bridgehead atoms. The van der Waals surface area contributed by atoms with E-state index in [0.29, 0.717) is 34.5 Å². The van der Waals surface area contributed by atoms with Gasteiger partial charge in [-0.05, 0) is 37.3 Å². The highest BCUT2D eigenvalue weighted by molar-refractivity contribution is 5.91. The minimum atomic E-state index is -0.514. The van der Waals surface area contributed by atoms with E-state index in [1.165, 1.54) is 0 Å². The number of methoxy groups -OCH3 is 1. The number of ether oxygens (including phenoxy) is 2. The molecule has 170 valence electrons. The molecule has 0 radical (unpaired) electrons. The summed E-state index contributed by atoms with van der Waals surface area (Å²) in [6.07, 6.45) is 1.76. The molecule has 0 amide bonds. The quantitative estimate of drug-likeness (QED) is 0.629. The molecule has 2 aliphatic rings. The molecule has 1 unspecified atom stereocenters. The van der Waals surface area contributed by atoms with E-state index in [4.69, 9.17) is 21.1 Å². The molecule has 1 saturated carbocycles. The summed E-state index contributed by atoms with van der Waals surface area (Å²) in [6, 6.07) is 3.59. The summed E-state index contributed by atoms with van der Waals surface area (Å²) in [7, 11) is 1.58. The number of anilines is 1. The van der Waals surface area contributed by atoms with E-state index in [1.807, 2.05) is 13.0 Å². The molecule has 1 aliphatic carbocycles. The van der Waals surface area contributed by atoms with Crippen LogP contribution in [0.5, 0.6) is 5.75 Å². The third kappa shape index (κ3) is 3.59. The number of fused-ring (bicyclic) bond motifs is 1. The normalized spacial score (nSPS) is 21.6. The first-order valence-corrected chi connectivity index (χ1v) is 10.9. The number of nitrogens with two attached hydrogens (primary N) is 2. The fourth-order valence-corrected chi connectivity index (χ4v) is 4.95. The smallest absolute Gasteiger partial charge is 0.350 e. The highest BCUT2D eigenvalue weighted by Gasteiger charge is 2.43. The lowest BCUT2D eigenvalue weighted by Crippen LogP contribution is -2.44. The average molecular weight is 432 g/mol. The predicted octanol–water partition coefficient (Wildman–Crippen LogP) is 1.05. The van der Waals surface area contributed by atoms with Crippen LogP contribution >= 0.6 is 0 Å². The summed E-state index contributed by atoms with van der Waals surface area (Å²) in [4.78, 5) is 27.8. The summed E-state index contributed by atoms with van der Waals surface area (Å²) in [6.45, 7) is 9.07. The van der Waals surface area contributed by atoms with Crippen molar-refractivity contribution in [1.29, 1.82) is 0 Å². The van der Waals surface area contributed by atoms with Gasteiger partial charge in [-0.25, -0.2) is 4.79 Å². The van der Waals surface area contributed by atoms with Crippen molar-refractivity contribution in [2.45, 2.75) is 45.7 Å². The highest BCUT2D eigenvalue weighted by Crippen LogP contribution is 2.45. The van der Waals surface area contributed by atoms with Crippen LogP contribution in [0.25, 0.3) is 10.9 Å². The van der Waals surface area contributed by atoms with Crippen molar-refractivity contribution >= 4 is 16.6 Å². The Morgan fingerprint density at radius 2 is 1.97 bits per heavy atom. The highest BCUT2D eigenvalue weighted by atomic mass is 16.5. The Hall–Kier alpha value is -2.52. The molecule has 9 heteroatoms. The second kappa shape index (κ2) is 7.87. The Balaban J connectivity index is 1.82. The van der Waals surface area contributed by atoms with Crippen LogP contribution in [0.2, 0.25) is 0 Å². The maximum absolute atomic E-state index is 12.8. The summed E-state index contributed by atoms with van der Waals surface area (Å²) in [5.41, 5.74) is 6.82. The fourth-order valence-electron chi connectivity index (χ4n) is 4.95. The Bertz CT molecular complexity index is 1100. The number of nitrogen functional groups attached to an aromatic ring is 1. The van der Waals surface area contributed by atoms with Gasteiger partial charge in [0.1, 0.15) is 5.52 Å². The second-order valence-electron chi connectivity index (χ2n) is 9.37. The molecule has 4 N–H and O–H groups in total. The monoisotopic (exact) mass is 431 g/mol. The molecule has 1 aromatic heterocycles. The first-order valence-electron chi connectivity index (χ1n) is 10.9. The van der Waals surface area contributed by atoms with Gasteiger partial charge in [0, 0.05) is 37.7 Å². The maximum atomic E-state index is 12.8. The van der Waals surface area contributed by atoms with E-state index in [1.54, 1.807) is 17.7 Å². The molecule has 2 atom stereocenters. The Morgan fingerprint density at radius 1 is 1.26 bits per heavy atom. The van der Waals surface area contributed by atoms with Crippen molar-refractivity contribution in [1.82, 2.24) is 9.24 Å². The lowest BCUT2D eigenvalue weighted by molar-refractivity contribution is 0.0982. The van der Waals surface area contributed by atoms with Gasteiger partial charge >= 0.3 is 5.69 Å². The number of nitrogens with zero attached hydrogens (tertiary/aromatic N) is 3. The fraction of sp³-hybridized carbons (Fsp3) is 0.636. The average Bonchev–Trinajstić information content (AvgIpc) is 3.52. The molecule has 1 aliphatic heterocycles.